The Morgan fingerprint density at radius 1 is 1.35 bits per heavy atom. The normalized spacial score (nSPS) is 10.2. The van der Waals surface area contributed by atoms with Gasteiger partial charge in [0.2, 0.25) is 0 Å². The maximum atomic E-state index is 12.0. The highest BCUT2D eigenvalue weighted by Crippen LogP contribution is 2.15. The second-order valence-corrected chi connectivity index (χ2v) is 5.14. The highest BCUT2D eigenvalue weighted by atomic mass is 35.5. The summed E-state index contributed by atoms with van der Waals surface area (Å²) in [6, 6.07) is 0. The minimum absolute atomic E-state index is 0.154. The largest absolute Gasteiger partial charge is 0.379 e. The van der Waals surface area contributed by atoms with Crippen molar-refractivity contribution in [3.8, 4) is 12.3 Å². The van der Waals surface area contributed by atoms with Crippen LogP contribution in [0.3, 0.4) is 0 Å². The van der Waals surface area contributed by atoms with E-state index in [9.17, 15) is 4.79 Å². The van der Waals surface area contributed by atoms with Crippen molar-refractivity contribution in [2.45, 2.75) is 52.0 Å². The molecule has 0 fully saturated rings. The molecule has 0 amide bonds. The Balaban J connectivity index is 2.45. The third-order valence-corrected chi connectivity index (χ3v) is 3.36. The first-order valence-corrected chi connectivity index (χ1v) is 7.51. The number of halogens is 1. The predicted molar refractivity (Wildman–Crippen MR) is 84.2 cm³/mol. The summed E-state index contributed by atoms with van der Waals surface area (Å²) in [5.41, 5.74) is 0.131. The summed E-state index contributed by atoms with van der Waals surface area (Å²) in [6.07, 6.45) is 13.9. The van der Waals surface area contributed by atoms with Gasteiger partial charge in [-0.05, 0) is 6.42 Å². The van der Waals surface area contributed by atoms with Crippen molar-refractivity contribution in [1.29, 1.82) is 0 Å². The number of hydrogen-bond donors (Lipinski definition) is 1. The summed E-state index contributed by atoms with van der Waals surface area (Å²) in [5, 5.41) is 7.34. The number of nitrogens with zero attached hydrogens (tertiary/aromatic N) is 2. The Hall–Kier alpha value is -1.47. The average Bonchev–Trinajstić information content (AvgIpc) is 2.44. The predicted octanol–water partition coefficient (Wildman–Crippen LogP) is 3.30. The van der Waals surface area contributed by atoms with Gasteiger partial charge in [0.25, 0.3) is 5.56 Å². The van der Waals surface area contributed by atoms with Crippen LogP contribution in [0.2, 0.25) is 5.02 Å². The molecule has 0 bridgehead atoms. The molecule has 0 spiro atoms. The van der Waals surface area contributed by atoms with Gasteiger partial charge in [0.05, 0.1) is 11.2 Å². The molecule has 110 valence electrons. The Labute approximate surface area is 125 Å². The zero-order chi connectivity index (χ0) is 14.8. The monoisotopic (exact) mass is 295 g/mol. The van der Waals surface area contributed by atoms with Crippen molar-refractivity contribution >= 4 is 17.3 Å². The van der Waals surface area contributed by atoms with Gasteiger partial charge < -0.3 is 5.32 Å². The molecule has 1 heterocycles. The van der Waals surface area contributed by atoms with Crippen LogP contribution in [-0.4, -0.2) is 16.3 Å². The quantitative estimate of drug-likeness (QED) is 0.562. The fraction of sp³-hybridized carbons (Fsp3) is 0.600. The minimum Gasteiger partial charge on any atom is -0.379 e. The van der Waals surface area contributed by atoms with Gasteiger partial charge in [-0.2, -0.15) is 5.10 Å². The lowest BCUT2D eigenvalue weighted by molar-refractivity contribution is 0.616. The van der Waals surface area contributed by atoms with Gasteiger partial charge >= 0.3 is 0 Å². The Morgan fingerprint density at radius 3 is 2.75 bits per heavy atom. The highest BCUT2D eigenvalue weighted by molar-refractivity contribution is 6.32. The number of terminal acetylenes is 1. The number of nitrogens with one attached hydrogen (secondary N) is 1. The summed E-state index contributed by atoms with van der Waals surface area (Å²) in [6.45, 7) is 3.09. The lowest BCUT2D eigenvalue weighted by Gasteiger charge is -2.09. The third kappa shape index (κ3) is 5.26. The lowest BCUT2D eigenvalue weighted by atomic mass is 10.1. The molecule has 0 radical (unpaired) electrons. The van der Waals surface area contributed by atoms with Crippen LogP contribution >= 0.6 is 11.6 Å². The van der Waals surface area contributed by atoms with Gasteiger partial charge in [-0.25, -0.2) is 4.68 Å². The van der Waals surface area contributed by atoms with E-state index in [1.807, 2.05) is 0 Å². The minimum atomic E-state index is -0.263. The zero-order valence-electron chi connectivity index (χ0n) is 12.0. The number of anilines is 1. The maximum Gasteiger partial charge on any atom is 0.292 e. The van der Waals surface area contributed by atoms with Crippen LogP contribution in [0.1, 0.15) is 45.4 Å². The van der Waals surface area contributed by atoms with Crippen LogP contribution in [-0.2, 0) is 6.54 Å². The fourth-order valence-electron chi connectivity index (χ4n) is 1.95. The molecule has 0 atom stereocenters. The molecule has 1 N–H and O–H groups in total. The van der Waals surface area contributed by atoms with Crippen LogP contribution in [0.4, 0.5) is 5.69 Å². The number of hydrogen-bond acceptors (Lipinski definition) is 3. The SMILES string of the molecule is C#CCn1ncc(Cl)c(NCCCCCCCC)c1=O. The topological polar surface area (TPSA) is 46.9 Å². The molecule has 0 saturated heterocycles. The van der Waals surface area contributed by atoms with Gasteiger partial charge in [0.15, 0.2) is 0 Å². The lowest BCUT2D eigenvalue weighted by Crippen LogP contribution is -2.26. The van der Waals surface area contributed by atoms with Gasteiger partial charge in [-0.3, -0.25) is 4.79 Å². The van der Waals surface area contributed by atoms with Gasteiger partial charge in [0, 0.05) is 6.54 Å². The van der Waals surface area contributed by atoms with Gasteiger partial charge in [-0.15, -0.1) is 6.42 Å². The molecule has 0 saturated carbocycles. The first-order valence-electron chi connectivity index (χ1n) is 7.13. The fourth-order valence-corrected chi connectivity index (χ4v) is 2.14. The van der Waals surface area contributed by atoms with E-state index in [-0.39, 0.29) is 12.1 Å². The Kier molecular flexibility index (Phi) is 7.82. The van der Waals surface area contributed by atoms with Crippen LogP contribution < -0.4 is 10.9 Å². The van der Waals surface area contributed by atoms with Crippen molar-refractivity contribution < 1.29 is 0 Å². The van der Waals surface area contributed by atoms with Crippen molar-refractivity contribution in [1.82, 2.24) is 9.78 Å². The maximum absolute atomic E-state index is 12.0. The van der Waals surface area contributed by atoms with E-state index in [4.69, 9.17) is 18.0 Å². The highest BCUT2D eigenvalue weighted by Gasteiger charge is 2.08. The first-order chi connectivity index (χ1) is 9.70. The number of rotatable bonds is 9. The van der Waals surface area contributed by atoms with E-state index in [0.717, 1.165) is 19.4 Å². The summed E-state index contributed by atoms with van der Waals surface area (Å²) in [4.78, 5) is 12.0. The third-order valence-electron chi connectivity index (χ3n) is 3.07. The summed E-state index contributed by atoms with van der Waals surface area (Å²) < 4.78 is 1.23. The van der Waals surface area contributed by atoms with E-state index >= 15 is 0 Å². The molecule has 0 aliphatic carbocycles. The Morgan fingerprint density at radius 2 is 2.05 bits per heavy atom. The van der Waals surface area contributed by atoms with Crippen molar-refractivity contribution in [2.24, 2.45) is 0 Å². The van der Waals surface area contributed by atoms with Crippen molar-refractivity contribution in [2.75, 3.05) is 11.9 Å². The molecule has 4 nitrogen and oxygen atoms in total. The van der Waals surface area contributed by atoms with Crippen LogP contribution in [0.5, 0.6) is 0 Å². The number of unbranched alkanes of at least 4 members (excludes halogenated alkanes) is 5. The summed E-state index contributed by atoms with van der Waals surface area (Å²) in [5.74, 6) is 2.40. The van der Waals surface area contributed by atoms with Crippen LogP contribution in [0.25, 0.3) is 0 Å². The molecule has 0 aromatic carbocycles. The summed E-state index contributed by atoms with van der Waals surface area (Å²) >= 11 is 5.99. The second-order valence-electron chi connectivity index (χ2n) is 4.73. The molecular weight excluding hydrogens is 274 g/mol. The summed E-state index contributed by atoms with van der Waals surface area (Å²) in [7, 11) is 0. The van der Waals surface area contributed by atoms with Crippen LogP contribution in [0, 0.1) is 12.3 Å². The van der Waals surface area contributed by atoms with Crippen molar-refractivity contribution in [3.05, 3.63) is 21.6 Å². The first kappa shape index (κ1) is 16.6. The molecular formula is C15H22ClN3O. The molecule has 1 aromatic rings. The van der Waals surface area contributed by atoms with E-state index in [1.54, 1.807) is 0 Å². The van der Waals surface area contributed by atoms with Gasteiger partial charge in [-0.1, -0.05) is 56.5 Å². The standard InChI is InChI=1S/C15H22ClN3O/c1-3-5-6-7-8-9-10-17-14-13(16)12-18-19(11-4-2)15(14)20/h2,12,17H,3,5-11H2,1H3. The number of aromatic nitrogens is 2. The van der Waals surface area contributed by atoms with E-state index in [1.165, 1.54) is 36.6 Å². The van der Waals surface area contributed by atoms with Crippen LogP contribution in [0.15, 0.2) is 11.0 Å². The smallest absolute Gasteiger partial charge is 0.292 e. The van der Waals surface area contributed by atoms with Gasteiger partial charge in [0.1, 0.15) is 12.2 Å². The van der Waals surface area contributed by atoms with E-state index in [2.05, 4.69) is 23.3 Å². The van der Waals surface area contributed by atoms with Crippen molar-refractivity contribution in [3.63, 3.8) is 0 Å². The Bertz CT molecular complexity index is 505. The van der Waals surface area contributed by atoms with E-state index < -0.39 is 0 Å². The molecule has 5 heteroatoms. The van der Waals surface area contributed by atoms with E-state index in [0.29, 0.717) is 10.7 Å². The second kappa shape index (κ2) is 9.44. The molecule has 1 rings (SSSR count). The molecule has 0 unspecified atom stereocenters. The zero-order valence-corrected chi connectivity index (χ0v) is 12.7. The molecule has 0 aliphatic heterocycles. The average molecular weight is 296 g/mol. The molecule has 1 aromatic heterocycles. The molecule has 0 aliphatic rings. The molecule has 20 heavy (non-hydrogen) atoms.